The lowest BCUT2D eigenvalue weighted by Gasteiger charge is -2.26. The highest BCUT2D eigenvalue weighted by Crippen LogP contribution is 2.25. The van der Waals surface area contributed by atoms with Gasteiger partial charge in [0.1, 0.15) is 5.54 Å². The maximum atomic E-state index is 11.6. The number of carbonyl (C=O) groups excluding carboxylic acids is 1. The number of hydrogen-bond donors (Lipinski definition) is 1. The Morgan fingerprint density at radius 3 is 2.79 bits per heavy atom. The van der Waals surface area contributed by atoms with Crippen molar-refractivity contribution in [3.8, 4) is 0 Å². The minimum Gasteiger partial charge on any atom is -0.468 e. The molecule has 1 rings (SSSR count). The minimum absolute atomic E-state index is 0.133. The second-order valence-electron chi connectivity index (χ2n) is 3.70. The van der Waals surface area contributed by atoms with Crippen LogP contribution in [0, 0.1) is 0 Å². The Hall–Kier alpha value is -0.610. The fourth-order valence-electron chi connectivity index (χ4n) is 2.01. The average molecular weight is 201 g/mol. The van der Waals surface area contributed by atoms with Crippen molar-refractivity contribution in [2.45, 2.75) is 31.2 Å². The van der Waals surface area contributed by atoms with Crippen molar-refractivity contribution >= 4 is 5.97 Å². The zero-order valence-electron chi connectivity index (χ0n) is 8.97. The standard InChI is InChI=1S/C10H19NO3/c1-13-8-4-6-10(9(12)14-2)5-3-7-11-10/h11H,3-8H2,1-2H3. The van der Waals surface area contributed by atoms with Gasteiger partial charge in [-0.2, -0.15) is 0 Å². The fraction of sp³-hybridized carbons (Fsp3) is 0.900. The second-order valence-corrected chi connectivity index (χ2v) is 3.70. The second kappa shape index (κ2) is 5.32. The molecule has 0 aromatic rings. The Kier molecular flexibility index (Phi) is 4.35. The summed E-state index contributed by atoms with van der Waals surface area (Å²) in [5.41, 5.74) is -0.437. The molecular formula is C10H19NO3. The van der Waals surface area contributed by atoms with Crippen LogP contribution in [0.15, 0.2) is 0 Å². The molecule has 1 unspecified atom stereocenters. The molecule has 0 spiro atoms. The quantitative estimate of drug-likeness (QED) is 0.525. The van der Waals surface area contributed by atoms with E-state index < -0.39 is 5.54 Å². The summed E-state index contributed by atoms with van der Waals surface area (Å²) in [5.74, 6) is -0.133. The maximum Gasteiger partial charge on any atom is 0.326 e. The molecule has 0 aromatic heterocycles. The molecule has 82 valence electrons. The Morgan fingerprint density at radius 1 is 1.50 bits per heavy atom. The van der Waals surface area contributed by atoms with E-state index >= 15 is 0 Å². The van der Waals surface area contributed by atoms with Gasteiger partial charge in [0.2, 0.25) is 0 Å². The third-order valence-corrected chi connectivity index (χ3v) is 2.77. The first-order chi connectivity index (χ1) is 6.75. The van der Waals surface area contributed by atoms with Crippen LogP contribution < -0.4 is 5.32 Å². The van der Waals surface area contributed by atoms with Crippen LogP contribution in [0.1, 0.15) is 25.7 Å². The third kappa shape index (κ3) is 2.45. The predicted molar refractivity (Wildman–Crippen MR) is 53.1 cm³/mol. The summed E-state index contributed by atoms with van der Waals surface area (Å²) in [6.45, 7) is 1.60. The normalized spacial score (nSPS) is 26.4. The number of carbonyl (C=O) groups is 1. The van der Waals surface area contributed by atoms with Gasteiger partial charge >= 0.3 is 5.97 Å². The van der Waals surface area contributed by atoms with Crippen LogP contribution in [-0.2, 0) is 14.3 Å². The highest BCUT2D eigenvalue weighted by molar-refractivity contribution is 5.81. The largest absolute Gasteiger partial charge is 0.468 e. The van der Waals surface area contributed by atoms with Crippen LogP contribution in [0.25, 0.3) is 0 Å². The molecule has 1 heterocycles. The van der Waals surface area contributed by atoms with Crippen LogP contribution in [0.2, 0.25) is 0 Å². The van der Waals surface area contributed by atoms with Crippen molar-refractivity contribution in [3.63, 3.8) is 0 Å². The SMILES string of the molecule is COCCCC1(C(=O)OC)CCCN1. The Bertz CT molecular complexity index is 188. The number of rotatable bonds is 5. The average Bonchev–Trinajstić information content (AvgIpc) is 2.67. The molecule has 1 fully saturated rings. The van der Waals surface area contributed by atoms with E-state index in [2.05, 4.69) is 5.32 Å². The molecule has 1 aliphatic heterocycles. The van der Waals surface area contributed by atoms with Crippen molar-refractivity contribution in [3.05, 3.63) is 0 Å². The van der Waals surface area contributed by atoms with Crippen LogP contribution >= 0.6 is 0 Å². The Morgan fingerprint density at radius 2 is 2.29 bits per heavy atom. The van der Waals surface area contributed by atoms with E-state index in [0.29, 0.717) is 6.61 Å². The molecule has 1 aliphatic rings. The van der Waals surface area contributed by atoms with Gasteiger partial charge in [-0.25, -0.2) is 0 Å². The van der Waals surface area contributed by atoms with Crippen LogP contribution in [-0.4, -0.2) is 38.9 Å². The lowest BCUT2D eigenvalue weighted by atomic mass is 9.92. The molecule has 0 bridgehead atoms. The highest BCUT2D eigenvalue weighted by Gasteiger charge is 2.41. The Balaban J connectivity index is 2.49. The van der Waals surface area contributed by atoms with Gasteiger partial charge in [0.05, 0.1) is 7.11 Å². The number of ether oxygens (including phenoxy) is 2. The van der Waals surface area contributed by atoms with E-state index in [0.717, 1.165) is 32.2 Å². The number of hydrogen-bond acceptors (Lipinski definition) is 4. The van der Waals surface area contributed by atoms with Gasteiger partial charge in [0, 0.05) is 13.7 Å². The number of nitrogens with one attached hydrogen (secondary N) is 1. The Labute approximate surface area is 85.0 Å². The van der Waals surface area contributed by atoms with Gasteiger partial charge in [-0.1, -0.05) is 0 Å². The third-order valence-electron chi connectivity index (χ3n) is 2.77. The molecule has 1 atom stereocenters. The molecule has 4 nitrogen and oxygen atoms in total. The summed E-state index contributed by atoms with van der Waals surface area (Å²) in [5, 5.41) is 3.25. The summed E-state index contributed by atoms with van der Waals surface area (Å²) in [6, 6.07) is 0. The maximum absolute atomic E-state index is 11.6. The van der Waals surface area contributed by atoms with E-state index in [9.17, 15) is 4.79 Å². The number of esters is 1. The van der Waals surface area contributed by atoms with Gasteiger partial charge in [-0.05, 0) is 32.2 Å². The molecule has 1 N–H and O–H groups in total. The molecule has 14 heavy (non-hydrogen) atoms. The van der Waals surface area contributed by atoms with E-state index in [1.807, 2.05) is 0 Å². The molecule has 4 heteroatoms. The van der Waals surface area contributed by atoms with E-state index in [1.54, 1.807) is 7.11 Å². The van der Waals surface area contributed by atoms with Crippen molar-refractivity contribution < 1.29 is 14.3 Å². The number of methoxy groups -OCH3 is 2. The summed E-state index contributed by atoms with van der Waals surface area (Å²) in [4.78, 5) is 11.6. The van der Waals surface area contributed by atoms with Gasteiger partial charge in [-0.3, -0.25) is 4.79 Å². The smallest absolute Gasteiger partial charge is 0.326 e. The highest BCUT2D eigenvalue weighted by atomic mass is 16.5. The predicted octanol–water partition coefficient (Wildman–Crippen LogP) is 0.708. The molecule has 0 aliphatic carbocycles. The summed E-state index contributed by atoms with van der Waals surface area (Å²) in [7, 11) is 3.12. The van der Waals surface area contributed by atoms with Crippen molar-refractivity contribution in [2.75, 3.05) is 27.4 Å². The summed E-state index contributed by atoms with van der Waals surface area (Å²) in [6.07, 6.45) is 3.61. The first kappa shape index (κ1) is 11.5. The first-order valence-corrected chi connectivity index (χ1v) is 5.07. The van der Waals surface area contributed by atoms with Gasteiger partial charge in [-0.15, -0.1) is 0 Å². The molecule has 0 aromatic carbocycles. The monoisotopic (exact) mass is 201 g/mol. The molecular weight excluding hydrogens is 182 g/mol. The van der Waals surface area contributed by atoms with Gasteiger partial charge in [0.25, 0.3) is 0 Å². The summed E-state index contributed by atoms with van der Waals surface area (Å²) >= 11 is 0. The van der Waals surface area contributed by atoms with Crippen LogP contribution in [0.3, 0.4) is 0 Å². The molecule has 0 saturated carbocycles. The van der Waals surface area contributed by atoms with E-state index in [4.69, 9.17) is 9.47 Å². The van der Waals surface area contributed by atoms with E-state index in [1.165, 1.54) is 7.11 Å². The van der Waals surface area contributed by atoms with Crippen molar-refractivity contribution in [2.24, 2.45) is 0 Å². The first-order valence-electron chi connectivity index (χ1n) is 5.07. The van der Waals surface area contributed by atoms with E-state index in [-0.39, 0.29) is 5.97 Å². The molecule has 0 radical (unpaired) electrons. The topological polar surface area (TPSA) is 47.6 Å². The fourth-order valence-corrected chi connectivity index (χ4v) is 2.01. The zero-order chi connectivity index (χ0) is 10.4. The minimum atomic E-state index is -0.437. The lowest BCUT2D eigenvalue weighted by molar-refractivity contribution is -0.148. The van der Waals surface area contributed by atoms with Crippen LogP contribution in [0.4, 0.5) is 0 Å². The van der Waals surface area contributed by atoms with Gasteiger partial charge < -0.3 is 14.8 Å². The molecule has 0 amide bonds. The molecule has 1 saturated heterocycles. The zero-order valence-corrected chi connectivity index (χ0v) is 8.97. The van der Waals surface area contributed by atoms with Crippen molar-refractivity contribution in [1.82, 2.24) is 5.32 Å². The van der Waals surface area contributed by atoms with Crippen LogP contribution in [0.5, 0.6) is 0 Å². The summed E-state index contributed by atoms with van der Waals surface area (Å²) < 4.78 is 9.81. The lowest BCUT2D eigenvalue weighted by Crippen LogP contribution is -2.48. The van der Waals surface area contributed by atoms with Crippen molar-refractivity contribution in [1.29, 1.82) is 0 Å². The van der Waals surface area contributed by atoms with Gasteiger partial charge in [0.15, 0.2) is 0 Å².